The Morgan fingerprint density at radius 1 is 1.14 bits per heavy atom. The molecule has 2 nitrogen and oxygen atoms in total. The molecule has 0 radical (unpaired) electrons. The summed E-state index contributed by atoms with van der Waals surface area (Å²) in [7, 11) is 0. The average Bonchev–Trinajstić information content (AvgIpc) is 2.43. The molecule has 7 heteroatoms. The van der Waals surface area contributed by atoms with Gasteiger partial charge in [0.1, 0.15) is 5.57 Å². The van der Waals surface area contributed by atoms with Crippen LogP contribution >= 0.6 is 0 Å². The maximum Gasteiger partial charge on any atom is 0.420 e. The number of fused-ring (bicyclic) bond motifs is 1. The lowest BCUT2D eigenvalue weighted by atomic mass is 9.87. The maximum atomic E-state index is 14.1. The van der Waals surface area contributed by atoms with Gasteiger partial charge in [-0.05, 0) is 37.6 Å². The third kappa shape index (κ3) is 2.60. The highest BCUT2D eigenvalue weighted by molar-refractivity contribution is 6.08. The summed E-state index contributed by atoms with van der Waals surface area (Å²) >= 11 is 0. The van der Waals surface area contributed by atoms with Crippen LogP contribution in [0.4, 0.5) is 27.6 Å². The Morgan fingerprint density at radius 2 is 1.73 bits per heavy atom. The van der Waals surface area contributed by atoms with Crippen molar-refractivity contribution >= 4 is 17.5 Å². The molecule has 2 rings (SSSR count). The lowest BCUT2D eigenvalue weighted by Crippen LogP contribution is -2.36. The molecule has 0 unspecified atom stereocenters. The van der Waals surface area contributed by atoms with Crippen LogP contribution in [0.1, 0.15) is 25.0 Å². The van der Waals surface area contributed by atoms with Crippen molar-refractivity contribution in [3.63, 3.8) is 0 Å². The van der Waals surface area contributed by atoms with Gasteiger partial charge in [-0.2, -0.15) is 22.0 Å². The standard InChI is InChI=1S/C15H14F5NO/c1-3-21(4-2)10-6-5-9-7-12(15(18,19)20)13(22)14(16,17)11(9)8-10/h5-8H,3-4H2,1-2H3. The molecule has 0 aromatic heterocycles. The SMILES string of the molecule is CCN(CC)c1ccc2c(c1)C(F)(F)C(=O)C(C(F)(F)F)=C2. The molecule has 0 spiro atoms. The van der Waals surface area contributed by atoms with Gasteiger partial charge in [-0.3, -0.25) is 4.79 Å². The molecule has 0 saturated heterocycles. The lowest BCUT2D eigenvalue weighted by Gasteiger charge is -2.28. The topological polar surface area (TPSA) is 20.3 Å². The van der Waals surface area contributed by atoms with E-state index in [2.05, 4.69) is 0 Å². The van der Waals surface area contributed by atoms with Gasteiger partial charge in [-0.1, -0.05) is 6.07 Å². The first-order chi connectivity index (χ1) is 10.1. The third-order valence-electron chi connectivity index (χ3n) is 3.64. The van der Waals surface area contributed by atoms with Crippen molar-refractivity contribution in [3.8, 4) is 0 Å². The number of allylic oxidation sites excluding steroid dienone is 1. The van der Waals surface area contributed by atoms with Crippen LogP contribution in [0.5, 0.6) is 0 Å². The number of halogens is 5. The Labute approximate surface area is 124 Å². The number of hydrogen-bond acceptors (Lipinski definition) is 2. The molecule has 0 heterocycles. The predicted octanol–water partition coefficient (Wildman–Crippen LogP) is 4.15. The normalized spacial score (nSPS) is 17.0. The monoisotopic (exact) mass is 319 g/mol. The fourth-order valence-electron chi connectivity index (χ4n) is 2.45. The second-order valence-corrected chi connectivity index (χ2v) is 4.90. The van der Waals surface area contributed by atoms with Gasteiger partial charge in [0.15, 0.2) is 0 Å². The summed E-state index contributed by atoms with van der Waals surface area (Å²) in [6, 6.07) is 3.75. The van der Waals surface area contributed by atoms with Crippen molar-refractivity contribution < 1.29 is 26.7 Å². The number of carbonyl (C=O) groups is 1. The van der Waals surface area contributed by atoms with Gasteiger partial charge in [0, 0.05) is 24.3 Å². The van der Waals surface area contributed by atoms with Gasteiger partial charge < -0.3 is 4.90 Å². The van der Waals surface area contributed by atoms with Gasteiger partial charge in [0.05, 0.1) is 0 Å². The summed E-state index contributed by atoms with van der Waals surface area (Å²) in [5, 5.41) is 0. The number of nitrogens with zero attached hydrogens (tertiary/aromatic N) is 1. The summed E-state index contributed by atoms with van der Waals surface area (Å²) < 4.78 is 66.4. The van der Waals surface area contributed by atoms with Crippen LogP contribution in [0.25, 0.3) is 6.08 Å². The highest BCUT2D eigenvalue weighted by Gasteiger charge is 2.54. The number of ketones is 1. The zero-order valence-electron chi connectivity index (χ0n) is 12.0. The van der Waals surface area contributed by atoms with Gasteiger partial charge in [-0.15, -0.1) is 0 Å². The van der Waals surface area contributed by atoms with E-state index in [1.54, 1.807) is 4.90 Å². The van der Waals surface area contributed by atoms with Crippen LogP contribution in [0.3, 0.4) is 0 Å². The first kappa shape index (κ1) is 16.5. The zero-order chi connectivity index (χ0) is 16.7. The number of alkyl halides is 5. The van der Waals surface area contributed by atoms with Gasteiger partial charge in [0.2, 0.25) is 5.78 Å². The summed E-state index contributed by atoms with van der Waals surface area (Å²) in [5.41, 5.74) is -2.34. The van der Waals surface area contributed by atoms with Crippen molar-refractivity contribution in [2.24, 2.45) is 0 Å². The van der Waals surface area contributed by atoms with E-state index in [1.807, 2.05) is 13.8 Å². The van der Waals surface area contributed by atoms with E-state index in [4.69, 9.17) is 0 Å². The second-order valence-electron chi connectivity index (χ2n) is 4.90. The molecule has 1 aliphatic rings. The molecule has 0 atom stereocenters. The minimum Gasteiger partial charge on any atom is -0.372 e. The van der Waals surface area contributed by atoms with E-state index in [-0.39, 0.29) is 5.56 Å². The molecule has 0 aliphatic heterocycles. The van der Waals surface area contributed by atoms with Crippen molar-refractivity contribution in [3.05, 3.63) is 34.9 Å². The summed E-state index contributed by atoms with van der Waals surface area (Å²) in [4.78, 5) is 13.3. The van der Waals surface area contributed by atoms with Crippen LogP contribution in [-0.4, -0.2) is 25.0 Å². The number of anilines is 1. The maximum absolute atomic E-state index is 14.1. The van der Waals surface area contributed by atoms with E-state index in [1.165, 1.54) is 12.1 Å². The second kappa shape index (κ2) is 5.37. The van der Waals surface area contributed by atoms with Crippen molar-refractivity contribution in [2.45, 2.75) is 25.9 Å². The molecule has 0 fully saturated rings. The summed E-state index contributed by atoms with van der Waals surface area (Å²) in [5.74, 6) is -6.39. The van der Waals surface area contributed by atoms with Crippen LogP contribution in [-0.2, 0) is 10.7 Å². The van der Waals surface area contributed by atoms with Crippen LogP contribution in [0, 0.1) is 0 Å². The number of hydrogen-bond donors (Lipinski definition) is 0. The molecule has 0 amide bonds. The van der Waals surface area contributed by atoms with Crippen molar-refractivity contribution in [1.29, 1.82) is 0 Å². The first-order valence-corrected chi connectivity index (χ1v) is 6.73. The van der Waals surface area contributed by atoms with Crippen LogP contribution in [0.15, 0.2) is 23.8 Å². The minimum absolute atomic E-state index is 0.284. The highest BCUT2D eigenvalue weighted by Crippen LogP contribution is 2.44. The largest absolute Gasteiger partial charge is 0.420 e. The molecule has 1 aliphatic carbocycles. The Kier molecular flexibility index (Phi) is 4.02. The van der Waals surface area contributed by atoms with Crippen molar-refractivity contribution in [2.75, 3.05) is 18.0 Å². The number of benzene rings is 1. The Bertz CT molecular complexity index is 629. The fourth-order valence-corrected chi connectivity index (χ4v) is 2.45. The minimum atomic E-state index is -5.10. The molecule has 0 bridgehead atoms. The van der Waals surface area contributed by atoms with E-state index < -0.39 is 29.0 Å². The molecule has 22 heavy (non-hydrogen) atoms. The van der Waals surface area contributed by atoms with Crippen LogP contribution in [0.2, 0.25) is 0 Å². The third-order valence-corrected chi connectivity index (χ3v) is 3.64. The van der Waals surface area contributed by atoms with E-state index in [9.17, 15) is 26.7 Å². The number of Topliss-reactive ketones (excluding diaryl/α,β-unsaturated/α-hetero) is 1. The molecular weight excluding hydrogens is 305 g/mol. The fraction of sp³-hybridized carbons (Fsp3) is 0.400. The van der Waals surface area contributed by atoms with Gasteiger partial charge in [0.25, 0.3) is 0 Å². The smallest absolute Gasteiger partial charge is 0.372 e. The first-order valence-electron chi connectivity index (χ1n) is 6.73. The quantitative estimate of drug-likeness (QED) is 0.780. The molecule has 0 saturated carbocycles. The van der Waals surface area contributed by atoms with Gasteiger partial charge in [-0.25, -0.2) is 0 Å². The number of carbonyl (C=O) groups excluding carboxylic acids is 1. The Balaban J connectivity index is 2.62. The molecule has 120 valence electrons. The summed E-state index contributed by atoms with van der Waals surface area (Å²) in [6.07, 6.45) is -4.61. The Hall–Kier alpha value is -1.92. The molecule has 1 aromatic rings. The van der Waals surface area contributed by atoms with Gasteiger partial charge >= 0.3 is 12.1 Å². The zero-order valence-corrected chi connectivity index (χ0v) is 12.0. The average molecular weight is 319 g/mol. The highest BCUT2D eigenvalue weighted by atomic mass is 19.4. The number of rotatable bonds is 3. The lowest BCUT2D eigenvalue weighted by molar-refractivity contribution is -0.151. The van der Waals surface area contributed by atoms with E-state index >= 15 is 0 Å². The molecule has 1 aromatic carbocycles. The Morgan fingerprint density at radius 3 is 2.23 bits per heavy atom. The van der Waals surface area contributed by atoms with Crippen LogP contribution < -0.4 is 4.90 Å². The van der Waals surface area contributed by atoms with E-state index in [0.29, 0.717) is 24.9 Å². The van der Waals surface area contributed by atoms with Crippen molar-refractivity contribution in [1.82, 2.24) is 0 Å². The van der Waals surface area contributed by atoms with E-state index in [0.717, 1.165) is 6.07 Å². The summed E-state index contributed by atoms with van der Waals surface area (Å²) in [6.45, 7) is 4.76. The molecule has 0 N–H and O–H groups in total. The predicted molar refractivity (Wildman–Crippen MR) is 72.9 cm³/mol. The molecular formula is C15H14F5NO.